The zero-order valence-electron chi connectivity index (χ0n) is 14.7. The molecule has 23 heavy (non-hydrogen) atoms. The summed E-state index contributed by atoms with van der Waals surface area (Å²) in [5.41, 5.74) is 0.946. The van der Waals surface area contributed by atoms with Crippen molar-refractivity contribution in [3.8, 4) is 17.2 Å². The molecule has 3 heteroatoms. The van der Waals surface area contributed by atoms with E-state index in [-0.39, 0.29) is 16.9 Å². The summed E-state index contributed by atoms with van der Waals surface area (Å²) in [6.45, 7) is 10.7. The minimum Gasteiger partial charge on any atom is -0.504 e. The van der Waals surface area contributed by atoms with E-state index in [1.165, 1.54) is 25.3 Å². The molecule has 1 aliphatic rings. The first kappa shape index (κ1) is 17.7. The average Bonchev–Trinajstić information content (AvgIpc) is 2.99. The molecule has 2 rings (SSSR count). The van der Waals surface area contributed by atoms with Gasteiger partial charge in [0.2, 0.25) is 0 Å². The van der Waals surface area contributed by atoms with E-state index in [9.17, 15) is 10.2 Å². The number of ether oxygens (including phenoxy) is 1. The van der Waals surface area contributed by atoms with Crippen molar-refractivity contribution in [1.82, 2.24) is 0 Å². The van der Waals surface area contributed by atoms with Crippen LogP contribution in [-0.2, 0) is 6.42 Å². The van der Waals surface area contributed by atoms with Crippen LogP contribution in [0.2, 0.25) is 0 Å². The lowest BCUT2D eigenvalue weighted by Gasteiger charge is -2.32. The molecule has 1 fully saturated rings. The standard InChI is InChI=1S/C20H30O3/c1-5-16-12-17(21)18(22)13-19(16)23-15(4)20(9-6-7-10-20)11-8-14(2)3/h12-14,21-22H,4-11H2,1-3H3. The Bertz CT molecular complexity index is 554. The maximum Gasteiger partial charge on any atom is 0.161 e. The van der Waals surface area contributed by atoms with Gasteiger partial charge in [-0.15, -0.1) is 0 Å². The summed E-state index contributed by atoms with van der Waals surface area (Å²) < 4.78 is 6.13. The zero-order valence-corrected chi connectivity index (χ0v) is 14.7. The van der Waals surface area contributed by atoms with E-state index in [0.717, 1.165) is 37.0 Å². The third-order valence-corrected chi connectivity index (χ3v) is 5.12. The summed E-state index contributed by atoms with van der Waals surface area (Å²) in [6.07, 6.45) is 7.71. The highest BCUT2D eigenvalue weighted by Crippen LogP contribution is 2.49. The van der Waals surface area contributed by atoms with Crippen molar-refractivity contribution in [3.05, 3.63) is 30.0 Å². The zero-order chi connectivity index (χ0) is 17.0. The molecule has 0 radical (unpaired) electrons. The average molecular weight is 318 g/mol. The van der Waals surface area contributed by atoms with Crippen molar-refractivity contribution < 1.29 is 14.9 Å². The van der Waals surface area contributed by atoms with Gasteiger partial charge < -0.3 is 14.9 Å². The molecule has 3 nitrogen and oxygen atoms in total. The quantitative estimate of drug-likeness (QED) is 0.512. The van der Waals surface area contributed by atoms with Gasteiger partial charge in [0.1, 0.15) is 11.5 Å². The number of rotatable bonds is 7. The second-order valence-corrected chi connectivity index (χ2v) is 7.25. The number of phenolic OH excluding ortho intramolecular Hbond substituents is 2. The predicted octanol–water partition coefficient (Wildman–Crippen LogP) is 5.55. The van der Waals surface area contributed by atoms with Gasteiger partial charge in [0.05, 0.1) is 0 Å². The number of hydrogen-bond acceptors (Lipinski definition) is 3. The Morgan fingerprint density at radius 1 is 1.22 bits per heavy atom. The van der Waals surface area contributed by atoms with Gasteiger partial charge in [0.15, 0.2) is 11.5 Å². The molecule has 0 atom stereocenters. The Hall–Kier alpha value is -1.64. The lowest BCUT2D eigenvalue weighted by atomic mass is 9.78. The van der Waals surface area contributed by atoms with Crippen LogP contribution >= 0.6 is 0 Å². The van der Waals surface area contributed by atoms with Gasteiger partial charge in [-0.2, -0.15) is 0 Å². The Labute approximate surface area is 140 Å². The normalized spacial score (nSPS) is 16.7. The highest BCUT2D eigenvalue weighted by Gasteiger charge is 2.38. The molecule has 0 amide bonds. The molecule has 0 aromatic heterocycles. The predicted molar refractivity (Wildman–Crippen MR) is 93.9 cm³/mol. The van der Waals surface area contributed by atoms with E-state index in [1.807, 2.05) is 6.92 Å². The molecule has 0 heterocycles. The monoisotopic (exact) mass is 318 g/mol. The Morgan fingerprint density at radius 2 is 1.83 bits per heavy atom. The van der Waals surface area contributed by atoms with Gasteiger partial charge in [-0.25, -0.2) is 0 Å². The van der Waals surface area contributed by atoms with E-state index < -0.39 is 0 Å². The van der Waals surface area contributed by atoms with Crippen LogP contribution in [0.1, 0.15) is 64.9 Å². The lowest BCUT2D eigenvalue weighted by Crippen LogP contribution is -2.23. The Balaban J connectivity index is 2.20. The molecular weight excluding hydrogens is 288 g/mol. The molecule has 2 N–H and O–H groups in total. The molecule has 0 bridgehead atoms. The van der Waals surface area contributed by atoms with Crippen LogP contribution in [0.15, 0.2) is 24.5 Å². The smallest absolute Gasteiger partial charge is 0.161 e. The molecule has 1 aliphatic carbocycles. The first-order chi connectivity index (χ1) is 10.9. The molecule has 128 valence electrons. The fraction of sp³-hybridized carbons (Fsp3) is 0.600. The summed E-state index contributed by atoms with van der Waals surface area (Å²) in [5, 5.41) is 19.4. The van der Waals surface area contributed by atoms with Crippen molar-refractivity contribution in [2.45, 2.75) is 65.7 Å². The SMILES string of the molecule is C=C(Oc1cc(O)c(O)cc1CC)C1(CCC(C)C)CCCC1. The summed E-state index contributed by atoms with van der Waals surface area (Å²) in [4.78, 5) is 0. The van der Waals surface area contributed by atoms with Crippen LogP contribution in [0, 0.1) is 11.3 Å². The van der Waals surface area contributed by atoms with Gasteiger partial charge in [-0.1, -0.05) is 46.6 Å². The van der Waals surface area contributed by atoms with Crippen molar-refractivity contribution in [2.75, 3.05) is 0 Å². The Kier molecular flexibility index (Phi) is 5.61. The lowest BCUT2D eigenvalue weighted by molar-refractivity contribution is 0.209. The van der Waals surface area contributed by atoms with Gasteiger partial charge in [0, 0.05) is 11.5 Å². The number of aromatic hydroxyl groups is 2. The summed E-state index contributed by atoms with van der Waals surface area (Å²) >= 11 is 0. The van der Waals surface area contributed by atoms with Gasteiger partial charge in [-0.3, -0.25) is 0 Å². The number of aryl methyl sites for hydroxylation is 1. The molecule has 0 aliphatic heterocycles. The van der Waals surface area contributed by atoms with Crippen molar-refractivity contribution in [2.24, 2.45) is 11.3 Å². The first-order valence-electron chi connectivity index (χ1n) is 8.80. The molecular formula is C20H30O3. The third kappa shape index (κ3) is 4.01. The van der Waals surface area contributed by atoms with E-state index in [0.29, 0.717) is 11.7 Å². The minimum atomic E-state index is -0.146. The van der Waals surface area contributed by atoms with Crippen molar-refractivity contribution in [3.63, 3.8) is 0 Å². The second-order valence-electron chi connectivity index (χ2n) is 7.25. The number of benzene rings is 1. The topological polar surface area (TPSA) is 49.7 Å². The highest BCUT2D eigenvalue weighted by molar-refractivity contribution is 5.49. The van der Waals surface area contributed by atoms with Crippen LogP contribution in [0.25, 0.3) is 0 Å². The van der Waals surface area contributed by atoms with Crippen LogP contribution in [0.4, 0.5) is 0 Å². The maximum absolute atomic E-state index is 9.78. The van der Waals surface area contributed by atoms with Gasteiger partial charge >= 0.3 is 0 Å². The summed E-state index contributed by atoms with van der Waals surface area (Å²) in [6, 6.07) is 3.08. The van der Waals surface area contributed by atoms with Gasteiger partial charge in [0.25, 0.3) is 0 Å². The number of allylic oxidation sites excluding steroid dienone is 1. The summed E-state index contributed by atoms with van der Waals surface area (Å²) in [7, 11) is 0. The van der Waals surface area contributed by atoms with Crippen molar-refractivity contribution in [1.29, 1.82) is 0 Å². The largest absolute Gasteiger partial charge is 0.504 e. The molecule has 1 saturated carbocycles. The summed E-state index contributed by atoms with van der Waals surface area (Å²) in [5.74, 6) is 1.85. The fourth-order valence-corrected chi connectivity index (χ4v) is 3.50. The van der Waals surface area contributed by atoms with Crippen LogP contribution in [-0.4, -0.2) is 10.2 Å². The van der Waals surface area contributed by atoms with E-state index in [1.54, 1.807) is 6.07 Å². The number of hydrogen-bond donors (Lipinski definition) is 2. The second kappa shape index (κ2) is 7.29. The highest BCUT2D eigenvalue weighted by atomic mass is 16.5. The molecule has 0 spiro atoms. The van der Waals surface area contributed by atoms with E-state index in [2.05, 4.69) is 20.4 Å². The van der Waals surface area contributed by atoms with Crippen LogP contribution < -0.4 is 4.74 Å². The molecule has 1 aromatic rings. The van der Waals surface area contributed by atoms with Crippen LogP contribution in [0.5, 0.6) is 17.2 Å². The molecule has 1 aromatic carbocycles. The fourth-order valence-electron chi connectivity index (χ4n) is 3.50. The first-order valence-corrected chi connectivity index (χ1v) is 8.80. The van der Waals surface area contributed by atoms with Gasteiger partial charge in [-0.05, 0) is 43.2 Å². The molecule has 0 saturated heterocycles. The Morgan fingerprint density at radius 3 is 2.39 bits per heavy atom. The van der Waals surface area contributed by atoms with E-state index >= 15 is 0 Å². The van der Waals surface area contributed by atoms with Crippen LogP contribution in [0.3, 0.4) is 0 Å². The number of phenols is 2. The maximum atomic E-state index is 9.78. The van der Waals surface area contributed by atoms with E-state index in [4.69, 9.17) is 4.74 Å². The third-order valence-electron chi connectivity index (χ3n) is 5.12. The van der Waals surface area contributed by atoms with Crippen molar-refractivity contribution >= 4 is 0 Å². The minimum absolute atomic E-state index is 0.0583. The molecule has 0 unspecified atom stereocenters.